The number of aryl methyl sites for hydroxylation is 1. The third kappa shape index (κ3) is 3.17. The van der Waals surface area contributed by atoms with Gasteiger partial charge in [-0.3, -0.25) is 14.8 Å². The molecule has 1 aromatic carbocycles. The van der Waals surface area contributed by atoms with Crippen LogP contribution in [0, 0.1) is 13.8 Å². The largest absolute Gasteiger partial charge is 0.361 e. The van der Waals surface area contributed by atoms with Crippen molar-refractivity contribution in [1.29, 1.82) is 0 Å². The first kappa shape index (κ1) is 15.7. The van der Waals surface area contributed by atoms with Crippen LogP contribution < -0.4 is 15.4 Å². The molecule has 0 bridgehead atoms. The summed E-state index contributed by atoms with van der Waals surface area (Å²) in [6, 6.07) is 4.55. The van der Waals surface area contributed by atoms with Gasteiger partial charge in [0.1, 0.15) is 0 Å². The van der Waals surface area contributed by atoms with Crippen LogP contribution >= 0.6 is 0 Å². The van der Waals surface area contributed by atoms with E-state index in [1.807, 2.05) is 13.0 Å². The van der Waals surface area contributed by atoms with Crippen LogP contribution in [-0.2, 0) is 14.8 Å². The van der Waals surface area contributed by atoms with Gasteiger partial charge < -0.3 is 10.4 Å². The SMILES string of the molecule is Cc1cccc(NS(=O)(=O)C2C(=O)NC(O)NC2C)c1C. The van der Waals surface area contributed by atoms with Crippen LogP contribution in [0.3, 0.4) is 0 Å². The number of benzene rings is 1. The van der Waals surface area contributed by atoms with Crippen molar-refractivity contribution in [3.63, 3.8) is 0 Å². The van der Waals surface area contributed by atoms with Crippen LogP contribution in [0.1, 0.15) is 18.1 Å². The first-order valence-corrected chi connectivity index (χ1v) is 8.09. The summed E-state index contributed by atoms with van der Waals surface area (Å²) in [6.07, 6.45) is -1.24. The number of hydrogen-bond acceptors (Lipinski definition) is 5. The van der Waals surface area contributed by atoms with Gasteiger partial charge in [0.05, 0.1) is 5.69 Å². The first-order chi connectivity index (χ1) is 9.72. The Labute approximate surface area is 123 Å². The van der Waals surface area contributed by atoms with Crippen molar-refractivity contribution in [2.75, 3.05) is 4.72 Å². The Morgan fingerprint density at radius 3 is 2.57 bits per heavy atom. The van der Waals surface area contributed by atoms with E-state index in [9.17, 15) is 18.3 Å². The lowest BCUT2D eigenvalue weighted by atomic mass is 10.1. The normalized spacial score (nSPS) is 26.3. The lowest BCUT2D eigenvalue weighted by Crippen LogP contribution is -2.65. The molecule has 4 N–H and O–H groups in total. The zero-order valence-corrected chi connectivity index (χ0v) is 12.9. The number of carbonyl (C=O) groups is 1. The predicted molar refractivity (Wildman–Crippen MR) is 79.0 cm³/mol. The van der Waals surface area contributed by atoms with Crippen LogP contribution in [0.5, 0.6) is 0 Å². The summed E-state index contributed by atoms with van der Waals surface area (Å²) in [5.74, 6) is -0.730. The molecule has 0 radical (unpaired) electrons. The van der Waals surface area contributed by atoms with E-state index >= 15 is 0 Å². The molecule has 21 heavy (non-hydrogen) atoms. The van der Waals surface area contributed by atoms with E-state index in [4.69, 9.17) is 0 Å². The van der Waals surface area contributed by atoms with Crippen molar-refractivity contribution in [3.8, 4) is 0 Å². The lowest BCUT2D eigenvalue weighted by Gasteiger charge is -2.32. The van der Waals surface area contributed by atoms with Gasteiger partial charge in [0.25, 0.3) is 0 Å². The van der Waals surface area contributed by atoms with Crippen molar-refractivity contribution < 1.29 is 18.3 Å². The van der Waals surface area contributed by atoms with E-state index in [0.29, 0.717) is 5.69 Å². The van der Waals surface area contributed by atoms with E-state index in [1.165, 1.54) is 6.92 Å². The van der Waals surface area contributed by atoms with Gasteiger partial charge >= 0.3 is 0 Å². The molecule has 1 aliphatic rings. The summed E-state index contributed by atoms with van der Waals surface area (Å²) >= 11 is 0. The highest BCUT2D eigenvalue weighted by atomic mass is 32.2. The fourth-order valence-corrected chi connectivity index (χ4v) is 3.93. The van der Waals surface area contributed by atoms with Gasteiger partial charge in [-0.15, -0.1) is 0 Å². The highest BCUT2D eigenvalue weighted by Gasteiger charge is 2.42. The minimum Gasteiger partial charge on any atom is -0.361 e. The molecule has 1 fully saturated rings. The monoisotopic (exact) mass is 313 g/mol. The maximum atomic E-state index is 12.5. The van der Waals surface area contributed by atoms with Gasteiger partial charge in [0.15, 0.2) is 11.6 Å². The summed E-state index contributed by atoms with van der Waals surface area (Å²) in [5, 5.41) is 12.8. The number of rotatable bonds is 3. The van der Waals surface area contributed by atoms with Gasteiger partial charge in [-0.1, -0.05) is 12.1 Å². The Balaban J connectivity index is 2.30. The molecule has 0 spiro atoms. The van der Waals surface area contributed by atoms with Crippen LogP contribution in [0.2, 0.25) is 0 Å². The topological polar surface area (TPSA) is 108 Å². The average molecular weight is 313 g/mol. The predicted octanol–water partition coefficient (Wildman–Crippen LogP) is -0.202. The molecule has 0 saturated carbocycles. The zero-order chi connectivity index (χ0) is 15.8. The van der Waals surface area contributed by atoms with Crippen molar-refractivity contribution in [2.45, 2.75) is 38.4 Å². The Morgan fingerprint density at radius 2 is 1.95 bits per heavy atom. The molecular formula is C13H19N3O4S. The standard InChI is InChI=1S/C13H19N3O4S/c1-7-5-4-6-10(8(7)2)16-21(19,20)11-9(3)14-13(18)15-12(11)17/h4-6,9,11,13-14,16,18H,1-3H3,(H,15,17). The smallest absolute Gasteiger partial charge is 0.246 e. The molecule has 3 atom stereocenters. The average Bonchev–Trinajstić information content (AvgIpc) is 2.33. The minimum absolute atomic E-state index is 0.445. The van der Waals surface area contributed by atoms with Gasteiger partial charge in [0, 0.05) is 6.04 Å². The fourth-order valence-electron chi connectivity index (χ4n) is 2.31. The number of sulfonamides is 1. The summed E-state index contributed by atoms with van der Waals surface area (Å²) in [7, 11) is -3.93. The quantitative estimate of drug-likeness (QED) is 0.618. The van der Waals surface area contributed by atoms with Gasteiger partial charge in [-0.2, -0.15) is 0 Å². The molecule has 1 amide bonds. The van der Waals surface area contributed by atoms with E-state index in [-0.39, 0.29) is 0 Å². The van der Waals surface area contributed by atoms with Crippen LogP contribution in [0.15, 0.2) is 18.2 Å². The van der Waals surface area contributed by atoms with E-state index < -0.39 is 33.6 Å². The third-order valence-corrected chi connectivity index (χ3v) is 5.40. The Morgan fingerprint density at radius 1 is 1.29 bits per heavy atom. The maximum absolute atomic E-state index is 12.5. The van der Waals surface area contributed by atoms with Crippen molar-refractivity contribution in [1.82, 2.24) is 10.6 Å². The molecule has 7 nitrogen and oxygen atoms in total. The zero-order valence-electron chi connectivity index (χ0n) is 12.0. The highest BCUT2D eigenvalue weighted by Crippen LogP contribution is 2.22. The molecule has 1 heterocycles. The molecule has 8 heteroatoms. The Hall–Kier alpha value is -1.64. The molecule has 2 rings (SSSR count). The number of hydrogen-bond donors (Lipinski definition) is 4. The molecule has 0 aliphatic carbocycles. The van der Waals surface area contributed by atoms with Crippen LogP contribution in [-0.4, -0.2) is 37.1 Å². The van der Waals surface area contributed by atoms with Crippen LogP contribution in [0.4, 0.5) is 5.69 Å². The molecule has 0 aromatic heterocycles. The molecule has 116 valence electrons. The van der Waals surface area contributed by atoms with Gasteiger partial charge in [0.2, 0.25) is 15.9 Å². The number of nitrogens with one attached hydrogen (secondary N) is 3. The summed E-state index contributed by atoms with van der Waals surface area (Å²) in [4.78, 5) is 11.9. The van der Waals surface area contributed by atoms with E-state index in [2.05, 4.69) is 15.4 Å². The molecule has 1 aromatic rings. The van der Waals surface area contributed by atoms with E-state index in [0.717, 1.165) is 11.1 Å². The third-order valence-electron chi connectivity index (χ3n) is 3.60. The summed E-state index contributed by atoms with van der Waals surface area (Å²) < 4.78 is 27.4. The first-order valence-electron chi connectivity index (χ1n) is 6.54. The molecule has 1 aliphatic heterocycles. The highest BCUT2D eigenvalue weighted by molar-refractivity contribution is 7.94. The number of amides is 1. The number of anilines is 1. The fraction of sp³-hybridized carbons (Fsp3) is 0.462. The van der Waals surface area contributed by atoms with Crippen molar-refractivity contribution in [2.24, 2.45) is 0 Å². The maximum Gasteiger partial charge on any atom is 0.246 e. The van der Waals surface area contributed by atoms with Crippen molar-refractivity contribution in [3.05, 3.63) is 29.3 Å². The van der Waals surface area contributed by atoms with Gasteiger partial charge in [-0.05, 0) is 38.0 Å². The molecule has 3 unspecified atom stereocenters. The van der Waals surface area contributed by atoms with Crippen molar-refractivity contribution >= 4 is 21.6 Å². The number of aliphatic hydroxyl groups excluding tert-OH is 1. The lowest BCUT2D eigenvalue weighted by molar-refractivity contribution is -0.127. The van der Waals surface area contributed by atoms with Crippen LogP contribution in [0.25, 0.3) is 0 Å². The second-order valence-electron chi connectivity index (χ2n) is 5.18. The van der Waals surface area contributed by atoms with E-state index in [1.54, 1.807) is 19.1 Å². The minimum atomic E-state index is -3.93. The van der Waals surface area contributed by atoms with Gasteiger partial charge in [-0.25, -0.2) is 8.42 Å². The summed E-state index contributed by atoms with van der Waals surface area (Å²) in [5.41, 5.74) is 2.20. The molecular weight excluding hydrogens is 294 g/mol. The number of carbonyl (C=O) groups excluding carboxylic acids is 1. The summed E-state index contributed by atoms with van der Waals surface area (Å²) in [6.45, 7) is 5.22. The second-order valence-corrected chi connectivity index (χ2v) is 6.98. The second kappa shape index (κ2) is 5.63. The molecule has 1 saturated heterocycles. The Kier molecular flexibility index (Phi) is 4.22. The number of aliphatic hydroxyl groups is 1. The Bertz CT molecular complexity index is 659.